The van der Waals surface area contributed by atoms with Gasteiger partial charge in [0.15, 0.2) is 0 Å². The van der Waals surface area contributed by atoms with Crippen molar-refractivity contribution in [2.75, 3.05) is 17.6 Å². The van der Waals surface area contributed by atoms with Gasteiger partial charge < -0.3 is 10.6 Å². The molecule has 1 saturated heterocycles. The summed E-state index contributed by atoms with van der Waals surface area (Å²) in [5.74, 6) is 1.18. The monoisotopic (exact) mass is 236 g/mol. The highest BCUT2D eigenvalue weighted by Gasteiger charge is 2.14. The number of carbonyl (C=O) groups is 1. The normalized spacial score (nSPS) is 20.4. The Kier molecular flexibility index (Phi) is 3.85. The molecule has 86 valence electrons. The van der Waals surface area contributed by atoms with Gasteiger partial charge in [0.05, 0.1) is 5.37 Å². The van der Waals surface area contributed by atoms with Crippen LogP contribution in [0.4, 0.5) is 5.69 Å². The fourth-order valence-corrected chi connectivity index (χ4v) is 2.86. The number of hydrogen-bond donors (Lipinski definition) is 2. The second-order valence-electron chi connectivity index (χ2n) is 3.86. The van der Waals surface area contributed by atoms with Gasteiger partial charge >= 0.3 is 0 Å². The fourth-order valence-electron chi connectivity index (χ4n) is 1.72. The lowest BCUT2D eigenvalue weighted by Crippen LogP contribution is -2.25. The maximum Gasteiger partial charge on any atom is 0.221 e. The minimum absolute atomic E-state index is 0.0297. The molecule has 4 heteroatoms. The summed E-state index contributed by atoms with van der Waals surface area (Å²) < 4.78 is 0. The molecule has 2 rings (SSSR count). The van der Waals surface area contributed by atoms with Crippen molar-refractivity contribution in [3.05, 3.63) is 29.8 Å². The van der Waals surface area contributed by atoms with Crippen LogP contribution in [-0.2, 0) is 4.79 Å². The van der Waals surface area contributed by atoms with Gasteiger partial charge in [0.1, 0.15) is 0 Å². The van der Waals surface area contributed by atoms with Gasteiger partial charge in [0.2, 0.25) is 5.91 Å². The van der Waals surface area contributed by atoms with Gasteiger partial charge in [-0.1, -0.05) is 12.1 Å². The quantitative estimate of drug-likeness (QED) is 0.828. The highest BCUT2D eigenvalue weighted by molar-refractivity contribution is 7.99. The van der Waals surface area contributed by atoms with Gasteiger partial charge in [-0.25, -0.2) is 0 Å². The van der Waals surface area contributed by atoms with Crippen LogP contribution in [0.25, 0.3) is 0 Å². The molecule has 1 aromatic rings. The molecule has 3 nitrogen and oxygen atoms in total. The fraction of sp³-hybridized carbons (Fsp3) is 0.417. The van der Waals surface area contributed by atoms with E-state index in [0.29, 0.717) is 5.37 Å². The summed E-state index contributed by atoms with van der Waals surface area (Å²) in [5, 5.41) is 6.64. The number of thioether (sulfide) groups is 1. The van der Waals surface area contributed by atoms with E-state index in [1.807, 2.05) is 23.9 Å². The summed E-state index contributed by atoms with van der Waals surface area (Å²) in [6.45, 7) is 2.61. The first kappa shape index (κ1) is 11.5. The minimum Gasteiger partial charge on any atom is -0.326 e. The summed E-state index contributed by atoms with van der Waals surface area (Å²) >= 11 is 1.94. The van der Waals surface area contributed by atoms with Crippen LogP contribution in [0.3, 0.4) is 0 Å². The Bertz CT molecular complexity index is 358. The molecule has 1 amide bonds. The molecule has 1 unspecified atom stereocenters. The van der Waals surface area contributed by atoms with Crippen molar-refractivity contribution in [3.8, 4) is 0 Å². The first-order valence-electron chi connectivity index (χ1n) is 5.48. The van der Waals surface area contributed by atoms with E-state index in [9.17, 15) is 4.79 Å². The summed E-state index contributed by atoms with van der Waals surface area (Å²) in [7, 11) is 0. The molecule has 0 aliphatic carbocycles. The number of anilines is 1. The predicted octanol–water partition coefficient (Wildman–Crippen LogP) is 2.37. The summed E-state index contributed by atoms with van der Waals surface area (Å²) in [4.78, 5) is 10.9. The standard InChI is InChI=1S/C12H16N2OS/c1-9(15)14-11-5-3-10(4-6-11)12-13-7-2-8-16-12/h3-6,12-13H,2,7-8H2,1H3,(H,14,15). The van der Waals surface area contributed by atoms with Crippen LogP contribution in [0.5, 0.6) is 0 Å². The zero-order chi connectivity index (χ0) is 11.4. The second-order valence-corrected chi connectivity index (χ2v) is 5.07. The number of amides is 1. The zero-order valence-corrected chi connectivity index (χ0v) is 10.1. The lowest BCUT2D eigenvalue weighted by atomic mass is 10.2. The van der Waals surface area contributed by atoms with Gasteiger partial charge in [-0.05, 0) is 36.4 Å². The Morgan fingerprint density at radius 3 is 2.75 bits per heavy atom. The third kappa shape index (κ3) is 3.00. The summed E-state index contributed by atoms with van der Waals surface area (Å²) in [6, 6.07) is 8.05. The maximum absolute atomic E-state index is 10.9. The van der Waals surface area contributed by atoms with E-state index < -0.39 is 0 Å². The van der Waals surface area contributed by atoms with Gasteiger partial charge in [-0.15, -0.1) is 11.8 Å². The van der Waals surface area contributed by atoms with Crippen LogP contribution in [0.1, 0.15) is 24.3 Å². The first-order valence-corrected chi connectivity index (χ1v) is 6.53. The minimum atomic E-state index is -0.0297. The van der Waals surface area contributed by atoms with Crippen molar-refractivity contribution in [1.29, 1.82) is 0 Å². The average molecular weight is 236 g/mol. The number of benzene rings is 1. The predicted molar refractivity (Wildman–Crippen MR) is 68.6 cm³/mol. The molecule has 0 bridgehead atoms. The van der Waals surface area contributed by atoms with Crippen molar-refractivity contribution in [1.82, 2.24) is 5.32 Å². The van der Waals surface area contributed by atoms with Crippen molar-refractivity contribution in [2.45, 2.75) is 18.7 Å². The van der Waals surface area contributed by atoms with Crippen LogP contribution in [0, 0.1) is 0 Å². The topological polar surface area (TPSA) is 41.1 Å². The molecule has 1 fully saturated rings. The van der Waals surface area contributed by atoms with Crippen molar-refractivity contribution in [3.63, 3.8) is 0 Å². The van der Waals surface area contributed by atoms with E-state index in [4.69, 9.17) is 0 Å². The summed E-state index contributed by atoms with van der Waals surface area (Å²) in [5.41, 5.74) is 2.14. The Labute approximate surface area is 100.0 Å². The molecule has 0 spiro atoms. The number of rotatable bonds is 2. The van der Waals surface area contributed by atoms with Crippen LogP contribution in [0.2, 0.25) is 0 Å². The Hall–Kier alpha value is -1.00. The molecule has 0 aromatic heterocycles. The largest absolute Gasteiger partial charge is 0.326 e. The molecule has 1 aliphatic rings. The van der Waals surface area contributed by atoms with E-state index in [2.05, 4.69) is 22.8 Å². The van der Waals surface area contributed by atoms with Crippen molar-refractivity contribution >= 4 is 23.4 Å². The van der Waals surface area contributed by atoms with Crippen LogP contribution in [0.15, 0.2) is 24.3 Å². The van der Waals surface area contributed by atoms with Crippen LogP contribution >= 0.6 is 11.8 Å². The lowest BCUT2D eigenvalue weighted by molar-refractivity contribution is -0.114. The van der Waals surface area contributed by atoms with Gasteiger partial charge in [0.25, 0.3) is 0 Å². The number of hydrogen-bond acceptors (Lipinski definition) is 3. The highest BCUT2D eigenvalue weighted by Crippen LogP contribution is 2.29. The molecule has 0 radical (unpaired) electrons. The number of nitrogens with one attached hydrogen (secondary N) is 2. The number of carbonyl (C=O) groups excluding carboxylic acids is 1. The highest BCUT2D eigenvalue weighted by atomic mass is 32.2. The van der Waals surface area contributed by atoms with Crippen LogP contribution < -0.4 is 10.6 Å². The smallest absolute Gasteiger partial charge is 0.221 e. The molecule has 16 heavy (non-hydrogen) atoms. The van der Waals surface area contributed by atoms with E-state index in [1.165, 1.54) is 24.7 Å². The Morgan fingerprint density at radius 2 is 2.19 bits per heavy atom. The summed E-state index contributed by atoms with van der Waals surface area (Å²) in [6.07, 6.45) is 1.24. The van der Waals surface area contributed by atoms with Crippen LogP contribution in [-0.4, -0.2) is 18.2 Å². The first-order chi connectivity index (χ1) is 7.75. The lowest BCUT2D eigenvalue weighted by Gasteiger charge is -2.23. The van der Waals surface area contributed by atoms with E-state index in [1.54, 1.807) is 0 Å². The zero-order valence-electron chi connectivity index (χ0n) is 9.32. The van der Waals surface area contributed by atoms with E-state index >= 15 is 0 Å². The van der Waals surface area contributed by atoms with Gasteiger partial charge in [-0.3, -0.25) is 4.79 Å². The Balaban J connectivity index is 2.03. The molecule has 1 aromatic carbocycles. The Morgan fingerprint density at radius 1 is 1.44 bits per heavy atom. The molecular formula is C12H16N2OS. The average Bonchev–Trinajstić information content (AvgIpc) is 2.30. The van der Waals surface area contributed by atoms with E-state index in [0.717, 1.165) is 12.2 Å². The third-order valence-corrected chi connectivity index (χ3v) is 3.77. The van der Waals surface area contributed by atoms with E-state index in [-0.39, 0.29) is 5.91 Å². The van der Waals surface area contributed by atoms with Gasteiger partial charge in [0, 0.05) is 12.6 Å². The maximum atomic E-state index is 10.9. The second kappa shape index (κ2) is 5.37. The third-order valence-electron chi connectivity index (χ3n) is 2.47. The van der Waals surface area contributed by atoms with Gasteiger partial charge in [-0.2, -0.15) is 0 Å². The molecule has 0 saturated carbocycles. The molecule has 1 heterocycles. The SMILES string of the molecule is CC(=O)Nc1ccc(C2NCCCS2)cc1. The van der Waals surface area contributed by atoms with Crippen molar-refractivity contribution in [2.24, 2.45) is 0 Å². The van der Waals surface area contributed by atoms with Crippen molar-refractivity contribution < 1.29 is 4.79 Å². The molecule has 2 N–H and O–H groups in total. The molecular weight excluding hydrogens is 220 g/mol. The molecule has 1 atom stereocenters. The molecule has 1 aliphatic heterocycles.